The molecule has 11 N–H and O–H groups in total. The smallest absolute Gasteiger partial charge is 0.108 e. The first-order valence-corrected chi connectivity index (χ1v) is 13.9. The number of nitrogens with one attached hydrogen (secondary N) is 1. The van der Waals surface area contributed by atoms with Gasteiger partial charge in [-0.15, -0.1) is 0 Å². The Morgan fingerprint density at radius 1 is 0.650 bits per heavy atom. The van der Waals surface area contributed by atoms with Crippen LogP contribution in [0.4, 0.5) is 0 Å². The van der Waals surface area contributed by atoms with Gasteiger partial charge in [-0.1, -0.05) is 68.2 Å². The van der Waals surface area contributed by atoms with E-state index in [1.54, 1.807) is 0 Å². The van der Waals surface area contributed by atoms with Crippen LogP contribution in [0.1, 0.15) is 93.9 Å². The lowest BCUT2D eigenvalue weighted by Crippen LogP contribution is -2.29. The van der Waals surface area contributed by atoms with Gasteiger partial charge in [0.2, 0.25) is 0 Å². The van der Waals surface area contributed by atoms with E-state index in [9.17, 15) is 0 Å². The summed E-state index contributed by atoms with van der Waals surface area (Å²) in [6.07, 6.45) is 2.79. The van der Waals surface area contributed by atoms with Crippen molar-refractivity contribution in [1.29, 1.82) is 0 Å². The molecule has 2 aliphatic heterocycles. The predicted octanol–water partition coefficient (Wildman–Crippen LogP) is -0.0902. The van der Waals surface area contributed by atoms with Crippen LogP contribution in [0, 0.1) is 0 Å². The number of unbranched alkanes of at least 4 members (excludes halogenated alkanes) is 1. The molecule has 0 aromatic heterocycles. The summed E-state index contributed by atoms with van der Waals surface area (Å²) in [5.74, 6) is 0. The van der Waals surface area contributed by atoms with Crippen LogP contribution >= 0.6 is 0 Å². The molecule has 250 valence electrons. The molecule has 2 aliphatic rings. The second-order valence-corrected chi connectivity index (χ2v) is 9.36. The van der Waals surface area contributed by atoms with Crippen molar-refractivity contribution in [3.63, 3.8) is 0 Å². The molecule has 0 aliphatic carbocycles. The van der Waals surface area contributed by atoms with Gasteiger partial charge in [-0.2, -0.15) is 0 Å². The molecule has 0 bridgehead atoms. The molecule has 0 saturated carbocycles. The first-order valence-electron chi connectivity index (χ1n) is 13.9. The van der Waals surface area contributed by atoms with Crippen molar-refractivity contribution in [1.82, 2.24) is 5.32 Å². The van der Waals surface area contributed by atoms with Crippen molar-refractivity contribution >= 4 is 0 Å². The van der Waals surface area contributed by atoms with Crippen LogP contribution in [0.5, 0.6) is 0 Å². The molecule has 0 aromatic carbocycles. The van der Waals surface area contributed by atoms with E-state index < -0.39 is 42.7 Å². The number of β-amino-alcohol motifs (C(OH)–C–C–N with tert-alkyl or cyclic N) is 2. The van der Waals surface area contributed by atoms with Crippen molar-refractivity contribution in [3.8, 4) is 0 Å². The fourth-order valence-corrected chi connectivity index (χ4v) is 3.06. The highest BCUT2D eigenvalue weighted by molar-refractivity contribution is 4.81. The first-order chi connectivity index (χ1) is 18.0. The topological polar surface area (TPSA) is 224 Å². The zero-order valence-corrected chi connectivity index (χ0v) is 23.9. The summed E-state index contributed by atoms with van der Waals surface area (Å²) in [5, 5.41) is 88.9. The van der Waals surface area contributed by atoms with E-state index in [2.05, 4.69) is 12.2 Å². The Bertz CT molecular complexity index is 446. The minimum absolute atomic E-state index is 0. The van der Waals surface area contributed by atoms with E-state index in [1.807, 2.05) is 20.8 Å². The maximum absolute atomic E-state index is 9.08. The molecule has 0 aromatic rings. The molecule has 5 unspecified atom stereocenters. The van der Waals surface area contributed by atoms with Crippen LogP contribution < -0.4 is 5.32 Å². The Morgan fingerprint density at radius 2 is 1.05 bits per heavy atom. The Hall–Kier alpha value is -0.480. The molecule has 2 fully saturated rings. The minimum atomic E-state index is -0.671. The lowest BCUT2D eigenvalue weighted by atomic mass is 10.1. The van der Waals surface area contributed by atoms with E-state index in [1.165, 1.54) is 0 Å². The number of hydrogen-bond acceptors (Lipinski definition) is 12. The SMILES string of the molecule is C.C.CCCC(O)CO.CCCC(O)CO.CCCCC(O)CO.CC[C@H]1OC[C@H](O)[C@@H]1O.OC1CNCC1O. The zero-order chi connectivity index (χ0) is 29.9. The normalized spacial score (nSPS) is 24.9. The highest BCUT2D eigenvalue weighted by atomic mass is 16.5. The largest absolute Gasteiger partial charge is 0.394 e. The van der Waals surface area contributed by atoms with Crippen LogP contribution in [0.2, 0.25) is 0 Å². The minimum Gasteiger partial charge on any atom is -0.394 e. The number of aliphatic hydroxyl groups is 10. The van der Waals surface area contributed by atoms with Crippen molar-refractivity contribution in [2.45, 2.75) is 143 Å². The van der Waals surface area contributed by atoms with E-state index in [0.717, 1.165) is 38.5 Å². The van der Waals surface area contributed by atoms with Gasteiger partial charge in [-0.25, -0.2) is 0 Å². The number of ether oxygens (including phenoxy) is 1. The fourth-order valence-electron chi connectivity index (χ4n) is 3.06. The molecule has 8 atom stereocenters. The van der Waals surface area contributed by atoms with Gasteiger partial charge < -0.3 is 61.1 Å². The lowest BCUT2D eigenvalue weighted by Gasteiger charge is -2.10. The highest BCUT2D eigenvalue weighted by Crippen LogP contribution is 2.16. The average Bonchev–Trinajstić information content (AvgIpc) is 3.46. The summed E-state index contributed by atoms with van der Waals surface area (Å²) in [4.78, 5) is 0. The van der Waals surface area contributed by atoms with Crippen LogP contribution in [0.3, 0.4) is 0 Å². The summed E-state index contributed by atoms with van der Waals surface area (Å²) < 4.78 is 5.03. The Balaban J connectivity index is -0.000000127. The van der Waals surface area contributed by atoms with Crippen molar-refractivity contribution in [2.75, 3.05) is 39.5 Å². The molecule has 0 radical (unpaired) electrons. The quantitative estimate of drug-likeness (QED) is 0.151. The molecule has 0 spiro atoms. The van der Waals surface area contributed by atoms with E-state index in [0.29, 0.717) is 25.9 Å². The molecule has 2 rings (SSSR count). The first kappa shape index (κ1) is 49.2. The zero-order valence-electron chi connectivity index (χ0n) is 23.9. The van der Waals surface area contributed by atoms with Crippen molar-refractivity contribution in [3.05, 3.63) is 0 Å². The van der Waals surface area contributed by atoms with Gasteiger partial charge >= 0.3 is 0 Å². The van der Waals surface area contributed by atoms with Crippen molar-refractivity contribution < 1.29 is 55.8 Å². The molecular weight excluding hydrogens is 526 g/mol. The van der Waals surface area contributed by atoms with E-state index in [-0.39, 0.29) is 47.4 Å². The third kappa shape index (κ3) is 30.5. The number of hydrogen-bond donors (Lipinski definition) is 11. The van der Waals surface area contributed by atoms with Crippen LogP contribution in [0.15, 0.2) is 0 Å². The van der Waals surface area contributed by atoms with E-state index in [4.69, 9.17) is 55.8 Å². The molecule has 12 heteroatoms. The van der Waals surface area contributed by atoms with Gasteiger partial charge in [-0.3, -0.25) is 0 Å². The Labute approximate surface area is 243 Å². The summed E-state index contributed by atoms with van der Waals surface area (Å²) >= 11 is 0. The van der Waals surface area contributed by atoms with E-state index >= 15 is 0 Å². The standard InChI is InChI=1S/C6H12O3.C6H14O2.2C5H12O2.C4H9NO2.2CH4/c1-2-5-6(8)4(7)3-9-5;1-2-3-4-6(8)5-7;2*1-2-3-5(7)4-6;6-3-1-5-2-4(3)7;;/h4-8H,2-3H2,1H3;6-8H,2-5H2,1H3;2*5-7H,2-4H2,1H3;3-7H,1-2H2;2*1H4/t4-,5+,6-;;;;;;/m0....../s1. The maximum atomic E-state index is 9.08. The summed E-state index contributed by atoms with van der Waals surface area (Å²) in [5.41, 5.74) is 0. The molecule has 40 heavy (non-hydrogen) atoms. The lowest BCUT2D eigenvalue weighted by molar-refractivity contribution is 0.0218. The van der Waals surface area contributed by atoms with Gasteiger partial charge in [0.15, 0.2) is 0 Å². The second-order valence-electron chi connectivity index (χ2n) is 9.36. The Morgan fingerprint density at radius 3 is 1.23 bits per heavy atom. The average molecular weight is 594 g/mol. The molecular formula is C28H67NO11. The third-order valence-corrected chi connectivity index (χ3v) is 5.58. The molecule has 0 amide bonds. The third-order valence-electron chi connectivity index (χ3n) is 5.58. The summed E-state index contributed by atoms with van der Waals surface area (Å²) in [6, 6.07) is 0. The van der Waals surface area contributed by atoms with Crippen molar-refractivity contribution in [2.24, 2.45) is 0 Å². The molecule has 2 saturated heterocycles. The van der Waals surface area contributed by atoms with Crippen LogP contribution in [-0.2, 0) is 4.74 Å². The number of aliphatic hydroxyl groups excluding tert-OH is 10. The summed E-state index contributed by atoms with van der Waals surface area (Å²) in [6.45, 7) is 8.96. The second kappa shape index (κ2) is 34.7. The van der Waals surface area contributed by atoms with Gasteiger partial charge in [0, 0.05) is 13.1 Å². The summed E-state index contributed by atoms with van der Waals surface area (Å²) in [7, 11) is 0. The fraction of sp³-hybridized carbons (Fsp3) is 1.00. The number of rotatable bonds is 11. The van der Waals surface area contributed by atoms with Crippen LogP contribution in [-0.4, -0.2) is 139 Å². The Kier molecular flexibility index (Phi) is 42.7. The molecule has 12 nitrogen and oxygen atoms in total. The maximum Gasteiger partial charge on any atom is 0.108 e. The van der Waals surface area contributed by atoms with Gasteiger partial charge in [0.1, 0.15) is 12.2 Å². The van der Waals surface area contributed by atoms with Gasteiger partial charge in [0.05, 0.1) is 63.1 Å². The highest BCUT2D eigenvalue weighted by Gasteiger charge is 2.32. The van der Waals surface area contributed by atoms with Gasteiger partial charge in [-0.05, 0) is 25.7 Å². The predicted molar refractivity (Wildman–Crippen MR) is 159 cm³/mol. The van der Waals surface area contributed by atoms with Crippen LogP contribution in [0.25, 0.3) is 0 Å². The monoisotopic (exact) mass is 593 g/mol. The molecule has 2 heterocycles. The van der Waals surface area contributed by atoms with Gasteiger partial charge in [0.25, 0.3) is 0 Å².